The number of rotatable bonds is 3. The minimum Gasteiger partial charge on any atom is -0.454 e. The van der Waals surface area contributed by atoms with Gasteiger partial charge < -0.3 is 20.1 Å². The van der Waals surface area contributed by atoms with E-state index in [9.17, 15) is 4.79 Å². The molecule has 0 aromatic heterocycles. The third-order valence-electron chi connectivity index (χ3n) is 3.23. The number of amides is 1. The van der Waals surface area contributed by atoms with Gasteiger partial charge in [-0.2, -0.15) is 0 Å². The number of anilines is 1. The number of nitrogens with one attached hydrogen (secondary N) is 2. The molecule has 102 valence electrons. The van der Waals surface area contributed by atoms with E-state index in [0.29, 0.717) is 12.3 Å². The van der Waals surface area contributed by atoms with Crippen molar-refractivity contribution >= 4 is 11.6 Å². The van der Waals surface area contributed by atoms with Crippen LogP contribution in [0.4, 0.5) is 5.69 Å². The van der Waals surface area contributed by atoms with Crippen molar-refractivity contribution in [1.82, 2.24) is 10.2 Å². The van der Waals surface area contributed by atoms with Gasteiger partial charge in [-0.15, -0.1) is 0 Å². The SMILES string of the molecule is O=C(CN1CCNCC1)Nc1ccc2c(c1)OCO2. The van der Waals surface area contributed by atoms with Crippen LogP contribution in [0.2, 0.25) is 0 Å². The number of carbonyl (C=O) groups excluding carboxylic acids is 1. The predicted octanol–water partition coefficient (Wildman–Crippen LogP) is 0.259. The van der Waals surface area contributed by atoms with Crippen molar-refractivity contribution in [3.8, 4) is 11.5 Å². The Morgan fingerprint density at radius 3 is 2.89 bits per heavy atom. The highest BCUT2D eigenvalue weighted by Crippen LogP contribution is 2.34. The molecule has 1 saturated heterocycles. The Labute approximate surface area is 111 Å². The van der Waals surface area contributed by atoms with Crippen molar-refractivity contribution in [3.05, 3.63) is 18.2 Å². The van der Waals surface area contributed by atoms with Crippen LogP contribution in [0.5, 0.6) is 11.5 Å². The zero-order valence-electron chi connectivity index (χ0n) is 10.6. The third kappa shape index (κ3) is 2.97. The minimum atomic E-state index is 0.000709. The van der Waals surface area contributed by atoms with Gasteiger partial charge in [-0.05, 0) is 12.1 Å². The summed E-state index contributed by atoms with van der Waals surface area (Å²) in [6.45, 7) is 4.38. The lowest BCUT2D eigenvalue weighted by molar-refractivity contribution is -0.117. The van der Waals surface area contributed by atoms with Crippen LogP contribution < -0.4 is 20.1 Å². The molecule has 2 aliphatic heterocycles. The first-order chi connectivity index (χ1) is 9.31. The van der Waals surface area contributed by atoms with Crippen molar-refractivity contribution in [1.29, 1.82) is 0 Å². The molecule has 6 nitrogen and oxygen atoms in total. The van der Waals surface area contributed by atoms with Crippen molar-refractivity contribution in [3.63, 3.8) is 0 Å². The van der Waals surface area contributed by atoms with E-state index >= 15 is 0 Å². The summed E-state index contributed by atoms with van der Waals surface area (Å²) in [5.41, 5.74) is 0.740. The van der Waals surface area contributed by atoms with E-state index < -0.39 is 0 Å². The zero-order valence-corrected chi connectivity index (χ0v) is 10.6. The maximum atomic E-state index is 11.9. The molecule has 1 aromatic carbocycles. The van der Waals surface area contributed by atoms with E-state index in [1.54, 1.807) is 6.07 Å². The van der Waals surface area contributed by atoms with Gasteiger partial charge in [-0.25, -0.2) is 0 Å². The molecule has 0 bridgehead atoms. The van der Waals surface area contributed by atoms with Crippen LogP contribution in [-0.4, -0.2) is 50.3 Å². The maximum Gasteiger partial charge on any atom is 0.238 e. The van der Waals surface area contributed by atoms with Gasteiger partial charge in [0.15, 0.2) is 11.5 Å². The molecular formula is C13H17N3O3. The highest BCUT2D eigenvalue weighted by Gasteiger charge is 2.16. The molecule has 2 aliphatic rings. The van der Waals surface area contributed by atoms with Crippen LogP contribution in [0.1, 0.15) is 0 Å². The van der Waals surface area contributed by atoms with E-state index in [4.69, 9.17) is 9.47 Å². The number of ether oxygens (including phenoxy) is 2. The second-order valence-electron chi connectivity index (χ2n) is 4.64. The number of fused-ring (bicyclic) bond motifs is 1. The van der Waals surface area contributed by atoms with Gasteiger partial charge in [0.1, 0.15) is 0 Å². The molecular weight excluding hydrogens is 246 g/mol. The Balaban J connectivity index is 1.56. The maximum absolute atomic E-state index is 11.9. The van der Waals surface area contributed by atoms with Crippen molar-refractivity contribution in [2.24, 2.45) is 0 Å². The van der Waals surface area contributed by atoms with Gasteiger partial charge in [0.05, 0.1) is 6.54 Å². The predicted molar refractivity (Wildman–Crippen MR) is 70.5 cm³/mol. The summed E-state index contributed by atoms with van der Waals surface area (Å²) in [5.74, 6) is 1.40. The first-order valence-electron chi connectivity index (χ1n) is 6.44. The molecule has 1 aromatic rings. The van der Waals surface area contributed by atoms with Crippen LogP contribution in [-0.2, 0) is 4.79 Å². The van der Waals surface area contributed by atoms with E-state index in [2.05, 4.69) is 15.5 Å². The van der Waals surface area contributed by atoms with Crippen molar-refractivity contribution in [2.75, 3.05) is 44.8 Å². The van der Waals surface area contributed by atoms with Crippen molar-refractivity contribution < 1.29 is 14.3 Å². The lowest BCUT2D eigenvalue weighted by atomic mass is 10.2. The van der Waals surface area contributed by atoms with E-state index in [0.717, 1.165) is 37.6 Å². The van der Waals surface area contributed by atoms with E-state index in [1.807, 2.05) is 12.1 Å². The molecule has 0 atom stereocenters. The number of hydrogen-bond acceptors (Lipinski definition) is 5. The van der Waals surface area contributed by atoms with Gasteiger partial charge >= 0.3 is 0 Å². The first-order valence-corrected chi connectivity index (χ1v) is 6.44. The molecule has 1 amide bonds. The molecule has 0 radical (unpaired) electrons. The molecule has 0 spiro atoms. The van der Waals surface area contributed by atoms with Crippen LogP contribution in [0.25, 0.3) is 0 Å². The second-order valence-corrected chi connectivity index (χ2v) is 4.64. The number of piperazine rings is 1. The molecule has 19 heavy (non-hydrogen) atoms. The summed E-state index contributed by atoms with van der Waals surface area (Å²) in [5, 5.41) is 6.14. The Hall–Kier alpha value is -1.79. The summed E-state index contributed by atoms with van der Waals surface area (Å²) in [7, 11) is 0. The fourth-order valence-electron chi connectivity index (χ4n) is 2.25. The molecule has 2 N–H and O–H groups in total. The summed E-state index contributed by atoms with van der Waals surface area (Å²) in [6.07, 6.45) is 0. The zero-order chi connectivity index (χ0) is 13.1. The fourth-order valence-corrected chi connectivity index (χ4v) is 2.25. The van der Waals surface area contributed by atoms with Gasteiger partial charge in [-0.3, -0.25) is 9.69 Å². The van der Waals surface area contributed by atoms with Gasteiger partial charge in [0.25, 0.3) is 0 Å². The standard InChI is InChI=1S/C13H17N3O3/c17-13(8-16-5-3-14-4-6-16)15-10-1-2-11-12(7-10)19-9-18-11/h1-2,7,14H,3-6,8-9H2,(H,15,17). The van der Waals surface area contributed by atoms with E-state index in [-0.39, 0.29) is 12.7 Å². The molecule has 2 heterocycles. The van der Waals surface area contributed by atoms with Crippen LogP contribution >= 0.6 is 0 Å². The molecule has 0 aliphatic carbocycles. The lowest BCUT2D eigenvalue weighted by Gasteiger charge is -2.26. The van der Waals surface area contributed by atoms with E-state index in [1.165, 1.54) is 0 Å². The normalized spacial score (nSPS) is 18.3. The number of hydrogen-bond donors (Lipinski definition) is 2. The quantitative estimate of drug-likeness (QED) is 0.819. The second kappa shape index (κ2) is 5.46. The van der Waals surface area contributed by atoms with Crippen LogP contribution in [0, 0.1) is 0 Å². The Bertz CT molecular complexity index is 472. The average Bonchev–Trinajstić information content (AvgIpc) is 2.87. The highest BCUT2D eigenvalue weighted by atomic mass is 16.7. The summed E-state index contributed by atoms with van der Waals surface area (Å²) < 4.78 is 10.5. The molecule has 3 rings (SSSR count). The number of carbonyl (C=O) groups is 1. The summed E-state index contributed by atoms with van der Waals surface area (Å²) in [6, 6.07) is 5.42. The third-order valence-corrected chi connectivity index (χ3v) is 3.23. The number of benzene rings is 1. The largest absolute Gasteiger partial charge is 0.454 e. The van der Waals surface area contributed by atoms with Gasteiger partial charge in [0, 0.05) is 37.9 Å². The Morgan fingerprint density at radius 2 is 2.05 bits per heavy atom. The summed E-state index contributed by atoms with van der Waals surface area (Å²) in [4.78, 5) is 14.1. The average molecular weight is 263 g/mol. The Morgan fingerprint density at radius 1 is 1.26 bits per heavy atom. The monoisotopic (exact) mass is 263 g/mol. The summed E-state index contributed by atoms with van der Waals surface area (Å²) >= 11 is 0. The number of nitrogens with zero attached hydrogens (tertiary/aromatic N) is 1. The highest BCUT2D eigenvalue weighted by molar-refractivity contribution is 5.92. The molecule has 6 heteroatoms. The van der Waals surface area contributed by atoms with Gasteiger partial charge in [-0.1, -0.05) is 0 Å². The Kier molecular flexibility index (Phi) is 3.52. The molecule has 0 saturated carbocycles. The van der Waals surface area contributed by atoms with Crippen molar-refractivity contribution in [2.45, 2.75) is 0 Å². The molecule has 1 fully saturated rings. The van der Waals surface area contributed by atoms with Gasteiger partial charge in [0.2, 0.25) is 12.7 Å². The van der Waals surface area contributed by atoms with Crippen LogP contribution in [0.3, 0.4) is 0 Å². The smallest absolute Gasteiger partial charge is 0.238 e. The fraction of sp³-hybridized carbons (Fsp3) is 0.462. The molecule has 0 unspecified atom stereocenters. The lowest BCUT2D eigenvalue weighted by Crippen LogP contribution is -2.46. The topological polar surface area (TPSA) is 62.8 Å². The van der Waals surface area contributed by atoms with Crippen LogP contribution in [0.15, 0.2) is 18.2 Å². The minimum absolute atomic E-state index is 0.000709. The first kappa shape index (κ1) is 12.3.